The van der Waals surface area contributed by atoms with Crippen molar-refractivity contribution in [3.63, 3.8) is 0 Å². The highest BCUT2D eigenvalue weighted by Crippen LogP contribution is 2.29. The first-order valence-electron chi connectivity index (χ1n) is 8.97. The fraction of sp³-hybridized carbons (Fsp3) is 0.316. The molecule has 1 aliphatic carbocycles. The number of aliphatic hydroxyl groups excluding tert-OH is 1. The molecule has 0 heterocycles. The molecule has 1 unspecified atom stereocenters. The number of urea groups is 1. The summed E-state index contributed by atoms with van der Waals surface area (Å²) < 4.78 is 45.7. The van der Waals surface area contributed by atoms with E-state index in [2.05, 4.69) is 15.4 Å². The number of halogens is 1. The quantitative estimate of drug-likeness (QED) is 0.519. The Kier molecular flexibility index (Phi) is 6.36. The van der Waals surface area contributed by atoms with Crippen molar-refractivity contribution in [3.8, 4) is 5.75 Å². The number of hydrogen-bond donors (Lipinski definition) is 4. The lowest BCUT2D eigenvalue weighted by molar-refractivity contribution is 0.174. The van der Waals surface area contributed by atoms with E-state index in [0.717, 1.165) is 12.8 Å². The van der Waals surface area contributed by atoms with E-state index in [1.54, 1.807) is 0 Å². The van der Waals surface area contributed by atoms with Crippen LogP contribution in [0.3, 0.4) is 0 Å². The van der Waals surface area contributed by atoms with Gasteiger partial charge in [0.1, 0.15) is 11.6 Å². The van der Waals surface area contributed by atoms with Gasteiger partial charge in [-0.15, -0.1) is 0 Å². The van der Waals surface area contributed by atoms with E-state index in [9.17, 15) is 22.7 Å². The lowest BCUT2D eigenvalue weighted by Gasteiger charge is -2.15. The van der Waals surface area contributed by atoms with Gasteiger partial charge in [0.2, 0.25) is 10.0 Å². The van der Waals surface area contributed by atoms with Crippen molar-refractivity contribution >= 4 is 21.7 Å². The summed E-state index contributed by atoms with van der Waals surface area (Å²) in [5.41, 5.74) is 0.478. The highest BCUT2D eigenvalue weighted by atomic mass is 32.2. The maximum Gasteiger partial charge on any atom is 0.319 e. The minimum Gasteiger partial charge on any atom is -0.495 e. The van der Waals surface area contributed by atoms with Gasteiger partial charge in [-0.3, -0.25) is 0 Å². The van der Waals surface area contributed by atoms with Crippen LogP contribution < -0.4 is 20.1 Å². The Balaban J connectivity index is 1.66. The Morgan fingerprint density at radius 3 is 2.69 bits per heavy atom. The summed E-state index contributed by atoms with van der Waals surface area (Å²) in [4.78, 5) is 12.2. The maximum absolute atomic E-state index is 13.2. The molecule has 4 N–H and O–H groups in total. The third-order valence-electron chi connectivity index (χ3n) is 4.32. The van der Waals surface area contributed by atoms with Gasteiger partial charge in [-0.2, -0.15) is 0 Å². The molecule has 0 aromatic heterocycles. The molecule has 1 fully saturated rings. The molecule has 0 aliphatic heterocycles. The van der Waals surface area contributed by atoms with Crippen LogP contribution in [0.5, 0.6) is 5.75 Å². The van der Waals surface area contributed by atoms with E-state index < -0.39 is 28.0 Å². The third-order valence-corrected chi connectivity index (χ3v) is 5.84. The number of aliphatic hydroxyl groups is 1. The molecular weight excluding hydrogens is 401 g/mol. The zero-order chi connectivity index (χ0) is 21.0. The number of nitrogens with one attached hydrogen (secondary N) is 3. The summed E-state index contributed by atoms with van der Waals surface area (Å²) >= 11 is 0. The van der Waals surface area contributed by atoms with E-state index in [1.165, 1.54) is 49.6 Å². The minimum absolute atomic E-state index is 0.000274. The number of carbonyl (C=O) groups is 1. The molecule has 156 valence electrons. The van der Waals surface area contributed by atoms with Gasteiger partial charge in [0, 0.05) is 12.6 Å². The van der Waals surface area contributed by atoms with Crippen molar-refractivity contribution < 1.29 is 27.4 Å². The summed E-state index contributed by atoms with van der Waals surface area (Å²) in [5.74, 6) is -0.218. The monoisotopic (exact) mass is 423 g/mol. The van der Waals surface area contributed by atoms with E-state index in [4.69, 9.17) is 4.74 Å². The highest BCUT2D eigenvalue weighted by molar-refractivity contribution is 7.89. The third kappa shape index (κ3) is 5.66. The topological polar surface area (TPSA) is 117 Å². The van der Waals surface area contributed by atoms with Crippen molar-refractivity contribution in [1.82, 2.24) is 10.0 Å². The lowest BCUT2D eigenvalue weighted by Crippen LogP contribution is -2.32. The Labute approximate surface area is 168 Å². The maximum atomic E-state index is 13.2. The summed E-state index contributed by atoms with van der Waals surface area (Å²) in [6.45, 7) is -0.168. The SMILES string of the molecule is COc1ccc(S(=O)(=O)NC2CC2)cc1NC(=O)NCC(O)c1cccc(F)c1. The first-order valence-corrected chi connectivity index (χ1v) is 10.5. The molecule has 0 saturated heterocycles. The van der Waals surface area contributed by atoms with Gasteiger partial charge >= 0.3 is 6.03 Å². The van der Waals surface area contributed by atoms with Gasteiger partial charge in [-0.05, 0) is 48.7 Å². The molecule has 2 aromatic rings. The van der Waals surface area contributed by atoms with Gasteiger partial charge in [-0.25, -0.2) is 22.3 Å². The number of ether oxygens (including phenoxy) is 1. The number of sulfonamides is 1. The first-order chi connectivity index (χ1) is 13.8. The largest absolute Gasteiger partial charge is 0.495 e. The molecule has 0 radical (unpaired) electrons. The standard InChI is InChI=1S/C19H22FN3O5S/c1-28-18-8-7-15(29(26,27)23-14-5-6-14)10-16(18)22-19(25)21-11-17(24)12-3-2-4-13(20)9-12/h2-4,7-10,14,17,23-24H,5-6,11H2,1H3,(H2,21,22,25). The summed E-state index contributed by atoms with van der Waals surface area (Å²) in [6, 6.07) is 8.83. The number of anilines is 1. The van der Waals surface area contributed by atoms with Crippen LogP contribution in [0.1, 0.15) is 24.5 Å². The van der Waals surface area contributed by atoms with Gasteiger partial charge in [0.05, 0.1) is 23.8 Å². The van der Waals surface area contributed by atoms with Crippen molar-refractivity contribution in [3.05, 3.63) is 53.8 Å². The Bertz CT molecular complexity index is 995. The number of methoxy groups -OCH3 is 1. The molecule has 1 saturated carbocycles. The predicted octanol–water partition coefficient (Wildman–Crippen LogP) is 2.13. The zero-order valence-electron chi connectivity index (χ0n) is 15.7. The molecule has 1 aliphatic rings. The Morgan fingerprint density at radius 2 is 2.03 bits per heavy atom. The second-order valence-electron chi connectivity index (χ2n) is 6.66. The Hall–Kier alpha value is -2.69. The van der Waals surface area contributed by atoms with E-state index >= 15 is 0 Å². The van der Waals surface area contributed by atoms with Crippen LogP contribution in [0.25, 0.3) is 0 Å². The van der Waals surface area contributed by atoms with Crippen LogP contribution in [-0.2, 0) is 10.0 Å². The van der Waals surface area contributed by atoms with Gasteiger partial charge in [0.25, 0.3) is 0 Å². The predicted molar refractivity (Wildman–Crippen MR) is 105 cm³/mol. The number of benzene rings is 2. The van der Waals surface area contributed by atoms with E-state index in [0.29, 0.717) is 5.56 Å². The van der Waals surface area contributed by atoms with Crippen molar-refractivity contribution in [2.24, 2.45) is 0 Å². The molecule has 3 rings (SSSR count). The average Bonchev–Trinajstić information content (AvgIpc) is 3.49. The van der Waals surface area contributed by atoms with Gasteiger partial charge < -0.3 is 20.5 Å². The van der Waals surface area contributed by atoms with E-state index in [1.807, 2.05) is 0 Å². The molecular formula is C19H22FN3O5S. The summed E-state index contributed by atoms with van der Waals surface area (Å²) in [5, 5.41) is 15.0. The van der Waals surface area contributed by atoms with Gasteiger partial charge in [-0.1, -0.05) is 12.1 Å². The molecule has 29 heavy (non-hydrogen) atoms. The first kappa shape index (κ1) is 21.0. The number of amides is 2. The second kappa shape index (κ2) is 8.76. The normalized spacial score (nSPS) is 14.9. The number of hydrogen-bond acceptors (Lipinski definition) is 5. The molecule has 2 aromatic carbocycles. The minimum atomic E-state index is -3.70. The molecule has 0 bridgehead atoms. The van der Waals surface area contributed by atoms with Gasteiger partial charge in [0.15, 0.2) is 0 Å². The smallest absolute Gasteiger partial charge is 0.319 e. The molecule has 2 amide bonds. The molecule has 8 nitrogen and oxygen atoms in total. The lowest BCUT2D eigenvalue weighted by atomic mass is 10.1. The van der Waals surface area contributed by atoms with Crippen LogP contribution in [0, 0.1) is 5.82 Å². The fourth-order valence-corrected chi connectivity index (χ4v) is 3.96. The van der Waals surface area contributed by atoms with Crippen molar-refractivity contribution in [2.45, 2.75) is 29.9 Å². The summed E-state index contributed by atoms with van der Waals surface area (Å²) in [7, 11) is -2.31. The number of rotatable bonds is 8. The highest BCUT2D eigenvalue weighted by Gasteiger charge is 2.28. The van der Waals surface area contributed by atoms with Crippen LogP contribution in [0.2, 0.25) is 0 Å². The van der Waals surface area contributed by atoms with Crippen molar-refractivity contribution in [2.75, 3.05) is 19.0 Å². The fourth-order valence-electron chi connectivity index (χ4n) is 2.63. The second-order valence-corrected chi connectivity index (χ2v) is 8.38. The number of carbonyl (C=O) groups excluding carboxylic acids is 1. The van der Waals surface area contributed by atoms with Crippen LogP contribution >= 0.6 is 0 Å². The summed E-state index contributed by atoms with van der Waals surface area (Å²) in [6.07, 6.45) is 0.500. The van der Waals surface area contributed by atoms with Crippen LogP contribution in [-0.4, -0.2) is 39.3 Å². The van der Waals surface area contributed by atoms with Crippen molar-refractivity contribution in [1.29, 1.82) is 0 Å². The van der Waals surface area contributed by atoms with Crippen LogP contribution in [0.4, 0.5) is 14.9 Å². The molecule has 1 atom stereocenters. The van der Waals surface area contributed by atoms with Crippen LogP contribution in [0.15, 0.2) is 47.4 Å². The zero-order valence-corrected chi connectivity index (χ0v) is 16.5. The average molecular weight is 423 g/mol. The molecule has 10 heteroatoms. The molecule has 0 spiro atoms. The van der Waals surface area contributed by atoms with E-state index in [-0.39, 0.29) is 28.9 Å². The Morgan fingerprint density at radius 1 is 1.28 bits per heavy atom.